The van der Waals surface area contributed by atoms with Crippen LogP contribution in [0.25, 0.3) is 10.4 Å². The number of nitrogens with two attached hydrogens (primary N) is 1. The van der Waals surface area contributed by atoms with Crippen molar-refractivity contribution in [3.63, 3.8) is 0 Å². The van der Waals surface area contributed by atoms with E-state index in [-0.39, 0.29) is 6.61 Å². The van der Waals surface area contributed by atoms with E-state index in [1.807, 2.05) is 6.07 Å². The Morgan fingerprint density at radius 2 is 2.35 bits per heavy atom. The van der Waals surface area contributed by atoms with Gasteiger partial charge in [-0.2, -0.15) is 0 Å². The fraction of sp³-hybridized carbons (Fsp3) is 0.231. The van der Waals surface area contributed by atoms with Crippen LogP contribution in [0.1, 0.15) is 12.5 Å². The number of nitrogen functional groups attached to an aromatic ring is 1. The predicted octanol–water partition coefficient (Wildman–Crippen LogP) is 1.89. The molecule has 17 heavy (non-hydrogen) atoms. The van der Waals surface area contributed by atoms with Gasteiger partial charge in [0.2, 0.25) is 0 Å². The molecule has 0 spiro atoms. The number of rotatable bonds is 3. The van der Waals surface area contributed by atoms with E-state index in [9.17, 15) is 4.79 Å². The lowest BCUT2D eigenvalue weighted by Crippen LogP contribution is -2.25. The minimum absolute atomic E-state index is 0.272. The third-order valence-corrected chi connectivity index (χ3v) is 2.64. The smallest absolute Gasteiger partial charge is 0.402 e. The molecule has 0 amide bonds. The second-order valence-electron chi connectivity index (χ2n) is 3.78. The topological polar surface area (TPSA) is 56.7 Å². The molecule has 0 fully saturated rings. The summed E-state index contributed by atoms with van der Waals surface area (Å²) in [6.45, 7) is 9.14. The lowest BCUT2D eigenvalue weighted by molar-refractivity contribution is -0.143. The van der Waals surface area contributed by atoms with Crippen molar-refractivity contribution in [2.45, 2.75) is 12.5 Å². The molecule has 0 unspecified atom stereocenters. The van der Waals surface area contributed by atoms with Crippen LogP contribution in [-0.4, -0.2) is 18.1 Å². The largest absolute Gasteiger partial charge is 0.459 e. The van der Waals surface area contributed by atoms with Crippen molar-refractivity contribution >= 4 is 17.2 Å². The Morgan fingerprint density at radius 3 is 2.94 bits per heavy atom. The number of ether oxygens (including phenoxy) is 1. The lowest BCUT2D eigenvalue weighted by Gasteiger charge is -2.05. The van der Waals surface area contributed by atoms with Gasteiger partial charge in [-0.15, -0.1) is 0 Å². The number of hydrogen-bond acceptors (Lipinski definition) is 3. The maximum atomic E-state index is 11.7. The number of nitrogens with zero attached hydrogens (tertiary/aromatic N) is 1. The first-order valence-corrected chi connectivity index (χ1v) is 5.29. The van der Waals surface area contributed by atoms with E-state index in [4.69, 9.17) is 17.0 Å². The summed E-state index contributed by atoms with van der Waals surface area (Å²) < 4.78 is 4.91. The zero-order valence-electron chi connectivity index (χ0n) is 9.43. The highest BCUT2D eigenvalue weighted by atomic mass is 16.5. The van der Waals surface area contributed by atoms with Crippen molar-refractivity contribution in [2.75, 3.05) is 12.3 Å². The second kappa shape index (κ2) is 3.95. The molecule has 86 valence electrons. The molecule has 1 atom stereocenters. The van der Waals surface area contributed by atoms with E-state index < -0.39 is 11.5 Å². The van der Waals surface area contributed by atoms with Gasteiger partial charge in [0.05, 0.1) is 12.2 Å². The van der Waals surface area contributed by atoms with Crippen molar-refractivity contribution in [1.29, 1.82) is 0 Å². The van der Waals surface area contributed by atoms with Crippen LogP contribution in [0.5, 0.6) is 0 Å². The molecule has 4 heteroatoms. The van der Waals surface area contributed by atoms with Gasteiger partial charge >= 0.3 is 11.5 Å². The van der Waals surface area contributed by atoms with Crippen molar-refractivity contribution in [1.82, 2.24) is 0 Å². The molecular weight excluding hydrogens is 216 g/mol. The molecule has 4 nitrogen and oxygen atoms in total. The van der Waals surface area contributed by atoms with Gasteiger partial charge in [0.1, 0.15) is 0 Å². The maximum Gasteiger partial charge on any atom is 0.402 e. The first-order valence-electron chi connectivity index (χ1n) is 5.29. The number of hydrogen-bond donors (Lipinski definition) is 1. The quantitative estimate of drug-likeness (QED) is 0.488. The number of carbonyl (C=O) groups excluding carboxylic acids is 1. The summed E-state index contributed by atoms with van der Waals surface area (Å²) in [6, 6.07) is 7.13. The number of esters is 1. The summed E-state index contributed by atoms with van der Waals surface area (Å²) in [5.41, 5.74) is 6.54. The van der Waals surface area contributed by atoms with Gasteiger partial charge in [-0.25, -0.2) is 11.4 Å². The van der Waals surface area contributed by atoms with E-state index in [0.717, 1.165) is 5.56 Å². The van der Waals surface area contributed by atoms with Crippen LogP contribution >= 0.6 is 0 Å². The summed E-state index contributed by atoms with van der Waals surface area (Å²) >= 11 is 0. The van der Waals surface area contributed by atoms with Gasteiger partial charge in [0, 0.05) is 11.8 Å². The van der Waals surface area contributed by atoms with Crippen LogP contribution in [0.15, 0.2) is 30.3 Å². The molecule has 0 radical (unpaired) electrons. The summed E-state index contributed by atoms with van der Waals surface area (Å²) in [7, 11) is 0. The lowest BCUT2D eigenvalue weighted by atomic mass is 10.1. The summed E-state index contributed by atoms with van der Waals surface area (Å²) in [4.78, 5) is 15.1. The van der Waals surface area contributed by atoms with Gasteiger partial charge in [0.15, 0.2) is 0 Å². The molecule has 1 aliphatic carbocycles. The Morgan fingerprint density at radius 1 is 1.59 bits per heavy atom. The van der Waals surface area contributed by atoms with Crippen LogP contribution in [-0.2, 0) is 9.53 Å². The van der Waals surface area contributed by atoms with E-state index in [0.29, 0.717) is 11.3 Å². The average Bonchev–Trinajstić information content (AvgIpc) is 3.05. The van der Waals surface area contributed by atoms with E-state index in [1.54, 1.807) is 31.2 Å². The molecule has 2 N–H and O–H groups in total. The number of benzene rings is 1. The van der Waals surface area contributed by atoms with Crippen LogP contribution in [0, 0.1) is 6.57 Å². The summed E-state index contributed by atoms with van der Waals surface area (Å²) in [5, 5.41) is 0. The van der Waals surface area contributed by atoms with Crippen molar-refractivity contribution in [3.8, 4) is 0 Å². The highest BCUT2D eigenvalue weighted by Gasteiger charge is 2.61. The zero-order chi connectivity index (χ0) is 12.5. The fourth-order valence-corrected chi connectivity index (χ4v) is 1.73. The predicted molar refractivity (Wildman–Crippen MR) is 64.8 cm³/mol. The normalized spacial score (nSPS) is 21.3. The van der Waals surface area contributed by atoms with Gasteiger partial charge in [-0.3, -0.25) is 4.85 Å². The zero-order valence-corrected chi connectivity index (χ0v) is 9.43. The molecule has 1 aliphatic rings. The number of carbonyl (C=O) groups is 1. The van der Waals surface area contributed by atoms with Crippen LogP contribution in [0.4, 0.5) is 5.69 Å². The molecule has 0 saturated carbocycles. The Kier molecular flexibility index (Phi) is 2.60. The molecule has 1 aromatic rings. The molecular formula is C13H12N2O2. The van der Waals surface area contributed by atoms with Crippen molar-refractivity contribution in [2.24, 2.45) is 0 Å². The first kappa shape index (κ1) is 11.2. The van der Waals surface area contributed by atoms with E-state index in [2.05, 4.69) is 4.85 Å². The third-order valence-electron chi connectivity index (χ3n) is 2.64. The highest BCUT2D eigenvalue weighted by Crippen LogP contribution is 2.47. The second-order valence-corrected chi connectivity index (χ2v) is 3.78. The molecule has 0 aliphatic heterocycles. The molecule has 0 heterocycles. The Bertz CT molecular complexity index is 543. The fourth-order valence-electron chi connectivity index (χ4n) is 1.73. The monoisotopic (exact) mass is 228 g/mol. The van der Waals surface area contributed by atoms with E-state index in [1.165, 1.54) is 0 Å². The van der Waals surface area contributed by atoms with Crippen LogP contribution < -0.4 is 5.73 Å². The van der Waals surface area contributed by atoms with Gasteiger partial charge in [-0.05, 0) is 24.6 Å². The first-order chi connectivity index (χ1) is 8.14. The highest BCUT2D eigenvalue weighted by molar-refractivity contribution is 6.13. The van der Waals surface area contributed by atoms with Gasteiger partial charge in [0.25, 0.3) is 0 Å². The number of anilines is 1. The molecule has 2 rings (SSSR count). The van der Waals surface area contributed by atoms with E-state index >= 15 is 0 Å². The summed E-state index contributed by atoms with van der Waals surface area (Å²) in [6.07, 6.45) is 1.62. The summed E-state index contributed by atoms with van der Waals surface area (Å²) in [5.74, 6) is -0.507. The molecule has 0 saturated heterocycles. The van der Waals surface area contributed by atoms with Crippen molar-refractivity contribution < 1.29 is 9.53 Å². The minimum Gasteiger partial charge on any atom is -0.459 e. The molecule has 0 aromatic heterocycles. The minimum atomic E-state index is -1.22. The van der Waals surface area contributed by atoms with Gasteiger partial charge in [-0.1, -0.05) is 12.1 Å². The van der Waals surface area contributed by atoms with Crippen LogP contribution in [0.2, 0.25) is 0 Å². The third kappa shape index (κ3) is 1.76. The standard InChI is InChI=1S/C13H12N2O2/c1-3-17-12(16)13(15-2)8-11(13)9-5-4-6-10(14)7-9/h4-8H,3,14H2,1H3/t13-/m0/s1. The van der Waals surface area contributed by atoms with Crippen molar-refractivity contribution in [3.05, 3.63) is 47.3 Å². The maximum absolute atomic E-state index is 11.7. The van der Waals surface area contributed by atoms with Gasteiger partial charge < -0.3 is 10.5 Å². The molecule has 1 aromatic carbocycles. The SMILES string of the molecule is [C-]#[N+][C@@]1(C(=O)OCC)C=C1c1cccc(N)c1. The van der Waals surface area contributed by atoms with Crippen LogP contribution in [0.3, 0.4) is 0 Å². The Hall–Kier alpha value is -2.28. The Labute approximate surface area is 99.5 Å². The Balaban J connectivity index is 2.25. The molecule has 0 bridgehead atoms. The average molecular weight is 228 g/mol.